The predicted octanol–water partition coefficient (Wildman–Crippen LogP) is 1.34. The van der Waals surface area contributed by atoms with Crippen LogP contribution in [0, 0.1) is 6.92 Å². The van der Waals surface area contributed by atoms with Gasteiger partial charge in [-0.2, -0.15) is 0 Å². The minimum atomic E-state index is -0.438. The summed E-state index contributed by atoms with van der Waals surface area (Å²) in [5.74, 6) is 0.631. The van der Waals surface area contributed by atoms with E-state index in [-0.39, 0.29) is 6.61 Å². The van der Waals surface area contributed by atoms with Crippen molar-refractivity contribution >= 4 is 5.97 Å². The summed E-state index contributed by atoms with van der Waals surface area (Å²) in [5, 5.41) is 11.2. The first-order valence-electron chi connectivity index (χ1n) is 5.68. The van der Waals surface area contributed by atoms with E-state index in [0.29, 0.717) is 23.7 Å². The molecule has 0 aliphatic rings. The van der Waals surface area contributed by atoms with Crippen LogP contribution in [0.15, 0.2) is 16.7 Å². The molecule has 0 amide bonds. The monoisotopic (exact) mass is 250 g/mol. The summed E-state index contributed by atoms with van der Waals surface area (Å²) in [6.07, 6.45) is 2.36. The van der Waals surface area contributed by atoms with Gasteiger partial charge in [0.15, 0.2) is 12.4 Å². The summed E-state index contributed by atoms with van der Waals surface area (Å²) in [5.41, 5.74) is 0.421. The Morgan fingerprint density at radius 3 is 3.06 bits per heavy atom. The molecule has 2 aromatic heterocycles. The van der Waals surface area contributed by atoms with Gasteiger partial charge in [0, 0.05) is 6.54 Å². The summed E-state index contributed by atoms with van der Waals surface area (Å²) < 4.78 is 11.8. The molecule has 2 rings (SSSR count). The molecule has 0 aromatic carbocycles. The summed E-state index contributed by atoms with van der Waals surface area (Å²) in [4.78, 5) is 11.7. The first-order valence-corrected chi connectivity index (χ1v) is 5.68. The number of aryl methyl sites for hydroxylation is 2. The van der Waals surface area contributed by atoms with Gasteiger partial charge in [-0.05, 0) is 29.8 Å². The third kappa shape index (κ3) is 2.55. The largest absolute Gasteiger partial charge is 0.469 e. The number of tetrazole rings is 1. The summed E-state index contributed by atoms with van der Waals surface area (Å²) in [6.45, 7) is 4.48. The Labute approximate surface area is 104 Å². The standard InChI is InChI=1S/C11H14N4O3/c1-3-5-15-10(12-13-14-15)7-18-11(16)9-4-6-17-8(9)2/h4,6H,3,5,7H2,1-2H3. The Balaban J connectivity index is 1.97. The Morgan fingerprint density at radius 2 is 2.39 bits per heavy atom. The van der Waals surface area contributed by atoms with Crippen LogP contribution in [0.2, 0.25) is 0 Å². The van der Waals surface area contributed by atoms with Crippen molar-refractivity contribution in [1.82, 2.24) is 20.2 Å². The molecule has 0 spiro atoms. The number of hydrogen-bond acceptors (Lipinski definition) is 6. The lowest BCUT2D eigenvalue weighted by Gasteiger charge is -2.04. The Hall–Kier alpha value is -2.18. The number of hydrogen-bond donors (Lipinski definition) is 0. The van der Waals surface area contributed by atoms with Crippen molar-refractivity contribution in [3.8, 4) is 0 Å². The van der Waals surface area contributed by atoms with E-state index >= 15 is 0 Å². The SMILES string of the molecule is CCCn1nnnc1COC(=O)c1ccoc1C. The molecule has 0 aliphatic heterocycles. The number of ether oxygens (including phenoxy) is 1. The Bertz CT molecular complexity index is 532. The van der Waals surface area contributed by atoms with Gasteiger partial charge in [0.1, 0.15) is 11.3 Å². The van der Waals surface area contributed by atoms with Gasteiger partial charge in [-0.25, -0.2) is 9.48 Å². The van der Waals surface area contributed by atoms with Crippen LogP contribution in [-0.2, 0) is 17.9 Å². The maximum Gasteiger partial charge on any atom is 0.342 e. The van der Waals surface area contributed by atoms with Crippen LogP contribution in [0.3, 0.4) is 0 Å². The fraction of sp³-hybridized carbons (Fsp3) is 0.455. The molecule has 7 heteroatoms. The van der Waals surface area contributed by atoms with E-state index in [2.05, 4.69) is 15.5 Å². The fourth-order valence-electron chi connectivity index (χ4n) is 1.52. The van der Waals surface area contributed by atoms with Gasteiger partial charge in [-0.3, -0.25) is 0 Å². The van der Waals surface area contributed by atoms with Gasteiger partial charge in [-0.15, -0.1) is 5.10 Å². The normalized spacial score (nSPS) is 10.6. The first-order chi connectivity index (χ1) is 8.72. The zero-order valence-corrected chi connectivity index (χ0v) is 10.3. The number of carbonyl (C=O) groups excluding carboxylic acids is 1. The number of nitrogens with zero attached hydrogens (tertiary/aromatic N) is 4. The predicted molar refractivity (Wildman–Crippen MR) is 60.7 cm³/mol. The quantitative estimate of drug-likeness (QED) is 0.745. The molecule has 96 valence electrons. The van der Waals surface area contributed by atoms with Crippen molar-refractivity contribution in [2.45, 2.75) is 33.4 Å². The molecule has 7 nitrogen and oxygen atoms in total. The number of furan rings is 1. The lowest BCUT2D eigenvalue weighted by Crippen LogP contribution is -2.11. The van der Waals surface area contributed by atoms with E-state index in [1.54, 1.807) is 17.7 Å². The number of rotatable bonds is 5. The summed E-state index contributed by atoms with van der Waals surface area (Å²) in [6, 6.07) is 1.58. The molecule has 0 aliphatic carbocycles. The molecule has 2 aromatic rings. The van der Waals surface area contributed by atoms with Crippen LogP contribution >= 0.6 is 0 Å². The van der Waals surface area contributed by atoms with Crippen molar-refractivity contribution in [2.75, 3.05) is 0 Å². The molecule has 0 saturated heterocycles. The van der Waals surface area contributed by atoms with Gasteiger partial charge in [-0.1, -0.05) is 6.92 Å². The van der Waals surface area contributed by atoms with Crippen LogP contribution in [0.4, 0.5) is 0 Å². The second kappa shape index (κ2) is 5.44. The van der Waals surface area contributed by atoms with Crippen molar-refractivity contribution in [3.63, 3.8) is 0 Å². The van der Waals surface area contributed by atoms with Crippen LogP contribution in [0.1, 0.15) is 35.3 Å². The molecule has 0 N–H and O–H groups in total. The Morgan fingerprint density at radius 1 is 1.56 bits per heavy atom. The molecular weight excluding hydrogens is 236 g/mol. The number of aromatic nitrogens is 4. The second-order valence-corrected chi connectivity index (χ2v) is 3.78. The van der Waals surface area contributed by atoms with Gasteiger partial charge in [0.2, 0.25) is 0 Å². The highest BCUT2D eigenvalue weighted by Crippen LogP contribution is 2.11. The average molecular weight is 250 g/mol. The Kier molecular flexibility index (Phi) is 3.71. The molecule has 0 saturated carbocycles. The minimum absolute atomic E-state index is 0.0520. The molecule has 0 radical (unpaired) electrons. The first kappa shape index (κ1) is 12.3. The van der Waals surface area contributed by atoms with Gasteiger partial charge >= 0.3 is 5.97 Å². The third-order valence-electron chi connectivity index (χ3n) is 2.45. The van der Waals surface area contributed by atoms with Crippen molar-refractivity contribution in [3.05, 3.63) is 29.5 Å². The highest BCUT2D eigenvalue weighted by molar-refractivity contribution is 5.90. The molecule has 0 atom stereocenters. The maximum absolute atomic E-state index is 11.7. The van der Waals surface area contributed by atoms with Crippen LogP contribution in [-0.4, -0.2) is 26.2 Å². The van der Waals surface area contributed by atoms with Crippen LogP contribution < -0.4 is 0 Å². The van der Waals surface area contributed by atoms with E-state index < -0.39 is 5.97 Å². The van der Waals surface area contributed by atoms with Gasteiger partial charge < -0.3 is 9.15 Å². The topological polar surface area (TPSA) is 83.0 Å². The lowest BCUT2D eigenvalue weighted by atomic mass is 10.3. The summed E-state index contributed by atoms with van der Waals surface area (Å²) in [7, 11) is 0. The molecule has 18 heavy (non-hydrogen) atoms. The van der Waals surface area contributed by atoms with Crippen LogP contribution in [0.25, 0.3) is 0 Å². The van der Waals surface area contributed by atoms with E-state index in [0.717, 1.165) is 6.42 Å². The smallest absolute Gasteiger partial charge is 0.342 e. The fourth-order valence-corrected chi connectivity index (χ4v) is 1.52. The van der Waals surface area contributed by atoms with Crippen LogP contribution in [0.5, 0.6) is 0 Å². The van der Waals surface area contributed by atoms with Crippen molar-refractivity contribution < 1.29 is 13.9 Å². The molecule has 2 heterocycles. The average Bonchev–Trinajstić information content (AvgIpc) is 2.96. The van der Waals surface area contributed by atoms with Gasteiger partial charge in [0.05, 0.1) is 6.26 Å². The van der Waals surface area contributed by atoms with E-state index in [9.17, 15) is 4.79 Å². The molecule has 0 bridgehead atoms. The van der Waals surface area contributed by atoms with E-state index in [1.807, 2.05) is 6.92 Å². The number of carbonyl (C=O) groups is 1. The highest BCUT2D eigenvalue weighted by atomic mass is 16.5. The van der Waals surface area contributed by atoms with Gasteiger partial charge in [0.25, 0.3) is 0 Å². The summed E-state index contributed by atoms with van der Waals surface area (Å²) >= 11 is 0. The highest BCUT2D eigenvalue weighted by Gasteiger charge is 2.14. The number of esters is 1. The minimum Gasteiger partial charge on any atom is -0.469 e. The second-order valence-electron chi connectivity index (χ2n) is 3.78. The third-order valence-corrected chi connectivity index (χ3v) is 2.45. The zero-order chi connectivity index (χ0) is 13.0. The zero-order valence-electron chi connectivity index (χ0n) is 10.3. The van der Waals surface area contributed by atoms with Crippen molar-refractivity contribution in [2.24, 2.45) is 0 Å². The van der Waals surface area contributed by atoms with E-state index in [4.69, 9.17) is 9.15 Å². The molecule has 0 unspecified atom stereocenters. The molecular formula is C11H14N4O3. The lowest BCUT2D eigenvalue weighted by molar-refractivity contribution is 0.0454. The van der Waals surface area contributed by atoms with Crippen molar-refractivity contribution in [1.29, 1.82) is 0 Å². The molecule has 0 fully saturated rings. The van der Waals surface area contributed by atoms with E-state index in [1.165, 1.54) is 6.26 Å². The maximum atomic E-state index is 11.7.